The Bertz CT molecular complexity index is 797. The third-order valence-electron chi connectivity index (χ3n) is 4.99. The molecule has 3 rings (SSSR count). The molecule has 0 spiro atoms. The van der Waals surface area contributed by atoms with Crippen LogP contribution >= 0.6 is 15.9 Å². The lowest BCUT2D eigenvalue weighted by Crippen LogP contribution is -2.42. The lowest BCUT2D eigenvalue weighted by atomic mass is 9.93. The van der Waals surface area contributed by atoms with Gasteiger partial charge in [0.2, 0.25) is 5.91 Å². The van der Waals surface area contributed by atoms with Crippen molar-refractivity contribution in [1.29, 1.82) is 0 Å². The Morgan fingerprint density at radius 3 is 2.71 bits per heavy atom. The number of para-hydroxylation sites is 1. The molecule has 1 aliphatic heterocycles. The summed E-state index contributed by atoms with van der Waals surface area (Å²) in [7, 11) is 0. The molecule has 1 heterocycles. The maximum absolute atomic E-state index is 12.5. The SMILES string of the molecule is O=C(CC[C@H]1CCCN(C(=O)Nc2ccccc2)C1)NCc1cccc(Br)c1. The number of carbonyl (C=O) groups excluding carboxylic acids is 2. The summed E-state index contributed by atoms with van der Waals surface area (Å²) < 4.78 is 1.01. The summed E-state index contributed by atoms with van der Waals surface area (Å²) in [5.74, 6) is 0.428. The second-order valence-electron chi connectivity index (χ2n) is 7.20. The number of nitrogens with zero attached hydrogens (tertiary/aromatic N) is 1. The average Bonchev–Trinajstić information content (AvgIpc) is 2.72. The van der Waals surface area contributed by atoms with Crippen LogP contribution in [-0.2, 0) is 11.3 Å². The molecule has 3 amide bonds. The van der Waals surface area contributed by atoms with E-state index in [-0.39, 0.29) is 11.9 Å². The van der Waals surface area contributed by atoms with Crippen LogP contribution < -0.4 is 10.6 Å². The zero-order valence-corrected chi connectivity index (χ0v) is 17.5. The molecule has 0 aromatic heterocycles. The van der Waals surface area contributed by atoms with Crippen LogP contribution in [0.15, 0.2) is 59.1 Å². The number of amides is 3. The number of carbonyl (C=O) groups is 2. The van der Waals surface area contributed by atoms with E-state index >= 15 is 0 Å². The Morgan fingerprint density at radius 1 is 1.11 bits per heavy atom. The minimum Gasteiger partial charge on any atom is -0.352 e. The monoisotopic (exact) mass is 443 g/mol. The zero-order chi connectivity index (χ0) is 19.8. The molecular formula is C22H26BrN3O2. The van der Waals surface area contributed by atoms with Crippen molar-refractivity contribution in [2.45, 2.75) is 32.2 Å². The summed E-state index contributed by atoms with van der Waals surface area (Å²) in [6.45, 7) is 2.01. The molecule has 148 valence electrons. The van der Waals surface area contributed by atoms with Crippen LogP contribution in [0.3, 0.4) is 0 Å². The highest BCUT2D eigenvalue weighted by molar-refractivity contribution is 9.10. The van der Waals surface area contributed by atoms with Crippen molar-refractivity contribution in [3.63, 3.8) is 0 Å². The van der Waals surface area contributed by atoms with Gasteiger partial charge in [-0.25, -0.2) is 4.79 Å². The van der Waals surface area contributed by atoms with Crippen molar-refractivity contribution in [1.82, 2.24) is 10.2 Å². The molecule has 1 atom stereocenters. The Morgan fingerprint density at radius 2 is 1.93 bits per heavy atom. The predicted octanol–water partition coefficient (Wildman–Crippen LogP) is 4.79. The van der Waals surface area contributed by atoms with Crippen molar-refractivity contribution in [3.05, 3.63) is 64.6 Å². The second kappa shape index (κ2) is 10.3. The first-order valence-electron chi connectivity index (χ1n) is 9.72. The molecule has 0 unspecified atom stereocenters. The van der Waals surface area contributed by atoms with Gasteiger partial charge in [0.25, 0.3) is 0 Å². The number of likely N-dealkylation sites (tertiary alicyclic amines) is 1. The highest BCUT2D eigenvalue weighted by atomic mass is 79.9. The summed E-state index contributed by atoms with van der Waals surface area (Å²) in [6.07, 6.45) is 3.34. The molecule has 28 heavy (non-hydrogen) atoms. The van der Waals surface area contributed by atoms with Gasteiger partial charge in [-0.2, -0.15) is 0 Å². The van der Waals surface area contributed by atoms with E-state index in [0.717, 1.165) is 41.5 Å². The van der Waals surface area contributed by atoms with Crippen LogP contribution in [0.5, 0.6) is 0 Å². The molecule has 1 aliphatic rings. The summed E-state index contributed by atoms with van der Waals surface area (Å²) in [6, 6.07) is 17.4. The fraction of sp³-hybridized carbons (Fsp3) is 0.364. The van der Waals surface area contributed by atoms with E-state index in [9.17, 15) is 9.59 Å². The van der Waals surface area contributed by atoms with E-state index in [1.165, 1.54) is 0 Å². The van der Waals surface area contributed by atoms with Gasteiger partial charge in [0.05, 0.1) is 0 Å². The van der Waals surface area contributed by atoms with Crippen LogP contribution in [0.1, 0.15) is 31.2 Å². The van der Waals surface area contributed by atoms with Gasteiger partial charge in [0.1, 0.15) is 0 Å². The lowest BCUT2D eigenvalue weighted by Gasteiger charge is -2.32. The first-order valence-corrected chi connectivity index (χ1v) is 10.5. The van der Waals surface area contributed by atoms with E-state index in [2.05, 4.69) is 26.6 Å². The summed E-state index contributed by atoms with van der Waals surface area (Å²) in [5, 5.41) is 5.92. The topological polar surface area (TPSA) is 61.4 Å². The normalized spacial score (nSPS) is 16.5. The molecule has 0 saturated carbocycles. The highest BCUT2D eigenvalue weighted by Gasteiger charge is 2.24. The van der Waals surface area contributed by atoms with E-state index in [4.69, 9.17) is 0 Å². The molecular weight excluding hydrogens is 418 g/mol. The first kappa shape index (κ1) is 20.4. The van der Waals surface area contributed by atoms with Crippen LogP contribution in [0.2, 0.25) is 0 Å². The Kier molecular flexibility index (Phi) is 7.48. The van der Waals surface area contributed by atoms with Crippen molar-refractivity contribution in [2.75, 3.05) is 18.4 Å². The lowest BCUT2D eigenvalue weighted by molar-refractivity contribution is -0.121. The number of nitrogens with one attached hydrogen (secondary N) is 2. The summed E-state index contributed by atoms with van der Waals surface area (Å²) >= 11 is 3.44. The predicted molar refractivity (Wildman–Crippen MR) is 115 cm³/mol. The van der Waals surface area contributed by atoms with E-state index in [1.54, 1.807) is 0 Å². The second-order valence-corrected chi connectivity index (χ2v) is 8.11. The maximum atomic E-state index is 12.5. The molecule has 0 aliphatic carbocycles. The van der Waals surface area contributed by atoms with Crippen LogP contribution in [-0.4, -0.2) is 29.9 Å². The Hall–Kier alpha value is -2.34. The largest absolute Gasteiger partial charge is 0.352 e. The van der Waals surface area contributed by atoms with Crippen molar-refractivity contribution >= 4 is 33.6 Å². The van der Waals surface area contributed by atoms with Gasteiger partial charge >= 0.3 is 6.03 Å². The van der Waals surface area contributed by atoms with Crippen molar-refractivity contribution in [3.8, 4) is 0 Å². The number of hydrogen-bond acceptors (Lipinski definition) is 2. The fourth-order valence-corrected chi connectivity index (χ4v) is 3.93. The van der Waals surface area contributed by atoms with Crippen molar-refractivity contribution in [2.24, 2.45) is 5.92 Å². The smallest absolute Gasteiger partial charge is 0.321 e. The zero-order valence-electron chi connectivity index (χ0n) is 15.9. The quantitative estimate of drug-likeness (QED) is 0.673. The van der Waals surface area contributed by atoms with Crippen molar-refractivity contribution < 1.29 is 9.59 Å². The van der Waals surface area contributed by atoms with Crippen LogP contribution in [0.25, 0.3) is 0 Å². The summed E-state index contributed by atoms with van der Waals surface area (Å²) in [4.78, 5) is 26.5. The average molecular weight is 444 g/mol. The Labute approximate surface area is 174 Å². The number of rotatable bonds is 6. The van der Waals surface area contributed by atoms with Gasteiger partial charge in [-0.15, -0.1) is 0 Å². The number of hydrogen-bond donors (Lipinski definition) is 2. The molecule has 0 bridgehead atoms. The number of piperidine rings is 1. The maximum Gasteiger partial charge on any atom is 0.321 e. The van der Waals surface area contributed by atoms with Gasteiger partial charge < -0.3 is 15.5 Å². The molecule has 0 radical (unpaired) electrons. The number of benzene rings is 2. The molecule has 2 N–H and O–H groups in total. The van der Waals surface area contributed by atoms with E-state index in [1.807, 2.05) is 59.5 Å². The van der Waals surface area contributed by atoms with Gasteiger partial charge in [-0.05, 0) is 55.0 Å². The van der Waals surface area contributed by atoms with Gasteiger partial charge in [-0.1, -0.05) is 46.3 Å². The molecule has 2 aromatic rings. The Balaban J connectivity index is 1.40. The molecule has 6 heteroatoms. The van der Waals surface area contributed by atoms with Gasteiger partial charge in [0.15, 0.2) is 0 Å². The minimum atomic E-state index is -0.0602. The number of halogens is 1. The van der Waals surface area contributed by atoms with E-state index < -0.39 is 0 Å². The third-order valence-corrected chi connectivity index (χ3v) is 5.48. The number of anilines is 1. The molecule has 1 fully saturated rings. The fourth-order valence-electron chi connectivity index (χ4n) is 3.48. The minimum absolute atomic E-state index is 0.0602. The molecule has 2 aromatic carbocycles. The highest BCUT2D eigenvalue weighted by Crippen LogP contribution is 2.22. The summed E-state index contributed by atoms with van der Waals surface area (Å²) in [5.41, 5.74) is 1.88. The van der Waals surface area contributed by atoms with Crippen LogP contribution in [0.4, 0.5) is 10.5 Å². The number of urea groups is 1. The molecule has 1 saturated heterocycles. The third kappa shape index (κ3) is 6.37. The van der Waals surface area contributed by atoms with E-state index in [0.29, 0.717) is 25.4 Å². The van der Waals surface area contributed by atoms with Gasteiger partial charge in [-0.3, -0.25) is 4.79 Å². The molecule has 5 nitrogen and oxygen atoms in total. The van der Waals surface area contributed by atoms with Gasteiger partial charge in [0, 0.05) is 36.2 Å². The first-order chi connectivity index (χ1) is 13.6. The standard InChI is InChI=1S/C22H26BrN3O2/c23-19-8-4-6-18(14-19)15-24-21(27)12-11-17-7-5-13-26(16-17)22(28)25-20-9-2-1-3-10-20/h1-4,6,8-10,14,17H,5,7,11-13,15-16H2,(H,24,27)(H,25,28)/t17-/m1/s1. The van der Waals surface area contributed by atoms with Crippen LogP contribution in [0, 0.1) is 5.92 Å².